The van der Waals surface area contributed by atoms with E-state index in [0.29, 0.717) is 0 Å². The van der Waals surface area contributed by atoms with E-state index in [1.165, 1.54) is 4.88 Å². The third-order valence-corrected chi connectivity index (χ3v) is 3.67. The summed E-state index contributed by atoms with van der Waals surface area (Å²) in [5.74, 6) is 0. The van der Waals surface area contributed by atoms with Crippen molar-refractivity contribution in [3.05, 3.63) is 15.6 Å². The molecule has 1 aromatic rings. The zero-order chi connectivity index (χ0) is 8.77. The first kappa shape index (κ1) is 8.20. The number of thiazole rings is 1. The quantitative estimate of drug-likeness (QED) is 0.702. The Kier molecular flexibility index (Phi) is 1.73. The smallest absolute Gasteiger partial charge is 0.104 e. The lowest BCUT2D eigenvalue weighted by Gasteiger charge is -2.10. The Hall–Kier alpha value is -0.410. The van der Waals surface area contributed by atoms with Crippen LogP contribution in [0.2, 0.25) is 0 Å². The second-order valence-electron chi connectivity index (χ2n) is 3.35. The molecule has 0 unspecified atom stereocenters. The Morgan fingerprint density at radius 1 is 1.42 bits per heavy atom. The monoisotopic (exact) mass is 183 g/mol. The first-order chi connectivity index (χ1) is 5.68. The number of aromatic nitrogens is 1. The predicted molar refractivity (Wildman–Crippen MR) is 49.5 cm³/mol. The number of ether oxygens (including phenoxy) is 1. The van der Waals surface area contributed by atoms with Crippen LogP contribution in [0.25, 0.3) is 0 Å². The molecule has 2 nitrogen and oxygen atoms in total. The van der Waals surface area contributed by atoms with Crippen molar-refractivity contribution < 1.29 is 4.74 Å². The van der Waals surface area contributed by atoms with Gasteiger partial charge in [-0.1, -0.05) is 0 Å². The molecule has 1 aliphatic rings. The molecule has 0 saturated heterocycles. The highest BCUT2D eigenvalue weighted by Crippen LogP contribution is 2.51. The fourth-order valence-electron chi connectivity index (χ4n) is 1.59. The van der Waals surface area contributed by atoms with E-state index < -0.39 is 0 Å². The topological polar surface area (TPSA) is 22.1 Å². The molecule has 0 radical (unpaired) electrons. The molecule has 0 spiro atoms. The SMILES string of the molecule is COC1(c2sc(C)nc2C)CC1. The van der Waals surface area contributed by atoms with E-state index in [9.17, 15) is 0 Å². The third kappa shape index (κ3) is 1.08. The van der Waals surface area contributed by atoms with Gasteiger partial charge in [-0.15, -0.1) is 11.3 Å². The van der Waals surface area contributed by atoms with Crippen LogP contribution in [0.5, 0.6) is 0 Å². The summed E-state index contributed by atoms with van der Waals surface area (Å²) < 4.78 is 5.50. The van der Waals surface area contributed by atoms with Gasteiger partial charge in [0.05, 0.1) is 15.6 Å². The van der Waals surface area contributed by atoms with E-state index in [1.807, 2.05) is 6.92 Å². The first-order valence-electron chi connectivity index (χ1n) is 4.17. The van der Waals surface area contributed by atoms with Crippen molar-refractivity contribution in [2.45, 2.75) is 32.3 Å². The van der Waals surface area contributed by atoms with E-state index in [0.717, 1.165) is 23.5 Å². The van der Waals surface area contributed by atoms with Gasteiger partial charge in [-0.3, -0.25) is 0 Å². The van der Waals surface area contributed by atoms with Gasteiger partial charge in [-0.25, -0.2) is 4.98 Å². The summed E-state index contributed by atoms with van der Waals surface area (Å²) in [5.41, 5.74) is 1.20. The number of rotatable bonds is 2. The molecule has 1 saturated carbocycles. The minimum absolute atomic E-state index is 0.0516. The van der Waals surface area contributed by atoms with E-state index >= 15 is 0 Å². The standard InChI is InChI=1S/C9H13NOS/c1-6-8(12-7(2)10-6)9(11-3)4-5-9/h4-5H2,1-3H3. The van der Waals surface area contributed by atoms with Crippen LogP contribution in [-0.4, -0.2) is 12.1 Å². The molecule has 0 N–H and O–H groups in total. The van der Waals surface area contributed by atoms with Gasteiger partial charge in [0.25, 0.3) is 0 Å². The molecule has 0 aromatic carbocycles. The zero-order valence-corrected chi connectivity index (χ0v) is 8.49. The highest BCUT2D eigenvalue weighted by atomic mass is 32.1. The maximum atomic E-state index is 5.50. The molecule has 3 heteroatoms. The van der Waals surface area contributed by atoms with Crippen LogP contribution >= 0.6 is 11.3 Å². The molecule has 0 atom stereocenters. The number of hydrogen-bond acceptors (Lipinski definition) is 3. The van der Waals surface area contributed by atoms with Crippen molar-refractivity contribution in [1.29, 1.82) is 0 Å². The Morgan fingerprint density at radius 2 is 2.08 bits per heavy atom. The highest BCUT2D eigenvalue weighted by Gasteiger charge is 2.47. The Bertz CT molecular complexity index is 301. The first-order valence-corrected chi connectivity index (χ1v) is 4.99. The van der Waals surface area contributed by atoms with Gasteiger partial charge in [0.2, 0.25) is 0 Å². The lowest BCUT2D eigenvalue weighted by molar-refractivity contribution is 0.0813. The molecule has 66 valence electrons. The molecule has 12 heavy (non-hydrogen) atoms. The van der Waals surface area contributed by atoms with Gasteiger partial charge in [0.1, 0.15) is 5.60 Å². The summed E-state index contributed by atoms with van der Waals surface area (Å²) in [6, 6.07) is 0. The minimum atomic E-state index is 0.0516. The van der Waals surface area contributed by atoms with Gasteiger partial charge >= 0.3 is 0 Å². The average Bonchev–Trinajstić information content (AvgIpc) is 2.74. The van der Waals surface area contributed by atoms with E-state index in [-0.39, 0.29) is 5.60 Å². The van der Waals surface area contributed by atoms with Crippen molar-refractivity contribution in [2.24, 2.45) is 0 Å². The average molecular weight is 183 g/mol. The van der Waals surface area contributed by atoms with Gasteiger partial charge in [-0.05, 0) is 26.7 Å². The molecule has 0 bridgehead atoms. The second-order valence-corrected chi connectivity index (χ2v) is 4.55. The van der Waals surface area contributed by atoms with Crippen LogP contribution in [0.4, 0.5) is 0 Å². The largest absolute Gasteiger partial charge is 0.373 e. The zero-order valence-electron chi connectivity index (χ0n) is 7.68. The maximum Gasteiger partial charge on any atom is 0.104 e. The normalized spacial score (nSPS) is 19.6. The summed E-state index contributed by atoms with van der Waals surface area (Å²) in [6.45, 7) is 4.12. The lowest BCUT2D eigenvalue weighted by Crippen LogP contribution is -2.07. The fraction of sp³-hybridized carbons (Fsp3) is 0.667. The van der Waals surface area contributed by atoms with E-state index in [2.05, 4.69) is 11.9 Å². The van der Waals surface area contributed by atoms with E-state index in [4.69, 9.17) is 4.74 Å². The third-order valence-electron chi connectivity index (χ3n) is 2.41. The second kappa shape index (κ2) is 2.54. The van der Waals surface area contributed by atoms with Crippen LogP contribution in [0.15, 0.2) is 0 Å². The molecular formula is C9H13NOS. The minimum Gasteiger partial charge on any atom is -0.373 e. The van der Waals surface area contributed by atoms with Gasteiger partial charge in [0.15, 0.2) is 0 Å². The van der Waals surface area contributed by atoms with Crippen molar-refractivity contribution >= 4 is 11.3 Å². The van der Waals surface area contributed by atoms with Crippen molar-refractivity contribution in [2.75, 3.05) is 7.11 Å². The van der Waals surface area contributed by atoms with Crippen LogP contribution in [0.1, 0.15) is 28.4 Å². The Morgan fingerprint density at radius 3 is 2.42 bits per heavy atom. The van der Waals surface area contributed by atoms with Crippen molar-refractivity contribution in [3.63, 3.8) is 0 Å². The maximum absolute atomic E-state index is 5.50. The summed E-state index contributed by atoms with van der Waals surface area (Å²) in [6.07, 6.45) is 2.32. The molecule has 1 heterocycles. The number of methoxy groups -OCH3 is 1. The van der Waals surface area contributed by atoms with E-state index in [1.54, 1.807) is 18.4 Å². The predicted octanol–water partition coefficient (Wildman–Crippen LogP) is 2.40. The molecule has 2 rings (SSSR count). The number of hydrogen-bond donors (Lipinski definition) is 0. The summed E-state index contributed by atoms with van der Waals surface area (Å²) in [5, 5.41) is 1.14. The Balaban J connectivity index is 2.39. The van der Waals surface area contributed by atoms with Gasteiger partial charge in [-0.2, -0.15) is 0 Å². The van der Waals surface area contributed by atoms with Crippen LogP contribution in [-0.2, 0) is 10.3 Å². The molecule has 1 fully saturated rings. The number of aryl methyl sites for hydroxylation is 2. The summed E-state index contributed by atoms with van der Waals surface area (Å²) in [7, 11) is 1.79. The molecule has 0 aliphatic heterocycles. The van der Waals surface area contributed by atoms with Gasteiger partial charge < -0.3 is 4.74 Å². The Labute approximate surface area is 76.6 Å². The van der Waals surface area contributed by atoms with Crippen molar-refractivity contribution in [3.8, 4) is 0 Å². The fourth-order valence-corrected chi connectivity index (χ4v) is 2.74. The van der Waals surface area contributed by atoms with Crippen LogP contribution < -0.4 is 0 Å². The van der Waals surface area contributed by atoms with Crippen molar-refractivity contribution in [1.82, 2.24) is 4.98 Å². The molecule has 1 aliphatic carbocycles. The lowest BCUT2D eigenvalue weighted by atomic mass is 10.2. The summed E-state index contributed by atoms with van der Waals surface area (Å²) >= 11 is 1.77. The van der Waals surface area contributed by atoms with Crippen LogP contribution in [0.3, 0.4) is 0 Å². The highest BCUT2D eigenvalue weighted by molar-refractivity contribution is 7.11. The molecule has 1 aromatic heterocycles. The molecular weight excluding hydrogens is 170 g/mol. The number of nitrogens with zero attached hydrogens (tertiary/aromatic N) is 1. The molecule has 0 amide bonds. The van der Waals surface area contributed by atoms with Crippen LogP contribution in [0, 0.1) is 13.8 Å². The summed E-state index contributed by atoms with van der Waals surface area (Å²) in [4.78, 5) is 5.74. The van der Waals surface area contributed by atoms with Gasteiger partial charge in [0, 0.05) is 7.11 Å².